The zero-order chi connectivity index (χ0) is 31.0. The van der Waals surface area contributed by atoms with Crippen LogP contribution in [0.4, 0.5) is 0 Å². The van der Waals surface area contributed by atoms with Crippen molar-refractivity contribution >= 4 is 0 Å². The summed E-state index contributed by atoms with van der Waals surface area (Å²) in [6.45, 7) is -0.967. The van der Waals surface area contributed by atoms with E-state index in [1.807, 2.05) is 0 Å². The van der Waals surface area contributed by atoms with Gasteiger partial charge < -0.3 is 98.6 Å². The van der Waals surface area contributed by atoms with Crippen molar-refractivity contribution < 1.29 is 64.2 Å². The zero-order valence-corrected chi connectivity index (χ0v) is 22.8. The second-order valence-corrected chi connectivity index (χ2v) is 11.2. The standard InChI is InChI=1S/C23H46N6O13/c24-2-7-13(32)15(34)10(28)21(37-7)40-18-6(27)1-5(26)12(31)20(18)42-23-17(36)19(9(4-30)39-23)41-22-11(29)16(35)14(33)8(3-25)38-22/h5-23,30-36H,1-4,24-29H2/t5-,6+,7-,8+,9-,10-,11+,12-,13+,14-,15-,16+,17+,18-,19+,20+,21+,22-,23+/m1/s1. The Morgan fingerprint density at radius 1 is 0.524 bits per heavy atom. The lowest BCUT2D eigenvalue weighted by molar-refractivity contribution is -0.306. The molecular weight excluding hydrogens is 568 g/mol. The molecule has 0 aromatic rings. The molecule has 19 atom stereocenters. The Labute approximate surface area is 241 Å². The fourth-order valence-corrected chi connectivity index (χ4v) is 5.74. The van der Waals surface area contributed by atoms with E-state index in [2.05, 4.69) is 0 Å². The molecule has 0 aromatic heterocycles. The van der Waals surface area contributed by atoms with Crippen LogP contribution in [0.15, 0.2) is 0 Å². The Kier molecular flexibility index (Phi) is 11.5. The molecule has 19 heteroatoms. The number of rotatable bonds is 9. The SMILES string of the molecule is NC[C@@H]1O[C@H](O[C@@H]2[C@H](O)[C@H](O[C@H]3[C@H](O)[C@H](N)C[C@H](N)[C@H]3O[C@@H]3O[C@H](CN)[C@H](O)[C@H](O)[C@H]3N)O[C@@H]2CO)[C@@H](N)[C@H](O)[C@@H]1O. The summed E-state index contributed by atoms with van der Waals surface area (Å²) < 4.78 is 34.6. The van der Waals surface area contributed by atoms with E-state index in [9.17, 15) is 35.7 Å². The first kappa shape index (κ1) is 34.1. The molecule has 0 radical (unpaired) electrons. The highest BCUT2D eigenvalue weighted by Crippen LogP contribution is 2.34. The Balaban J connectivity index is 1.50. The van der Waals surface area contributed by atoms with Crippen molar-refractivity contribution in [1.82, 2.24) is 0 Å². The molecule has 0 amide bonds. The first-order valence-electron chi connectivity index (χ1n) is 13.9. The van der Waals surface area contributed by atoms with Crippen LogP contribution in [0.2, 0.25) is 0 Å². The van der Waals surface area contributed by atoms with Gasteiger partial charge in [-0.1, -0.05) is 0 Å². The summed E-state index contributed by atoms with van der Waals surface area (Å²) in [5.74, 6) is 0. The summed E-state index contributed by atoms with van der Waals surface area (Å²) in [5.41, 5.74) is 35.6. The molecule has 1 saturated carbocycles. The van der Waals surface area contributed by atoms with E-state index in [-0.39, 0.29) is 19.5 Å². The van der Waals surface area contributed by atoms with E-state index >= 15 is 0 Å². The van der Waals surface area contributed by atoms with Crippen LogP contribution in [0.3, 0.4) is 0 Å². The molecule has 3 heterocycles. The molecule has 4 rings (SSSR count). The van der Waals surface area contributed by atoms with Crippen LogP contribution < -0.4 is 34.4 Å². The molecule has 19 N–H and O–H groups in total. The number of hydrogen-bond donors (Lipinski definition) is 13. The summed E-state index contributed by atoms with van der Waals surface area (Å²) in [6, 6.07) is -4.18. The topological polar surface area (TPSA) is 353 Å². The fraction of sp³-hybridized carbons (Fsp3) is 1.00. The van der Waals surface area contributed by atoms with Gasteiger partial charge in [0.25, 0.3) is 0 Å². The van der Waals surface area contributed by atoms with Crippen LogP contribution >= 0.6 is 0 Å². The second-order valence-electron chi connectivity index (χ2n) is 11.2. The van der Waals surface area contributed by atoms with Crippen LogP contribution in [0, 0.1) is 0 Å². The Morgan fingerprint density at radius 3 is 1.45 bits per heavy atom. The number of aliphatic hydroxyl groups is 7. The monoisotopic (exact) mass is 614 g/mol. The lowest BCUT2D eigenvalue weighted by Gasteiger charge is -2.47. The van der Waals surface area contributed by atoms with Gasteiger partial charge in [0.2, 0.25) is 0 Å². The van der Waals surface area contributed by atoms with Crippen LogP contribution in [-0.4, -0.2) is 172 Å². The van der Waals surface area contributed by atoms with Gasteiger partial charge in [-0.3, -0.25) is 0 Å². The van der Waals surface area contributed by atoms with Crippen LogP contribution in [0.5, 0.6) is 0 Å². The predicted molar refractivity (Wildman–Crippen MR) is 138 cm³/mol. The summed E-state index contributed by atoms with van der Waals surface area (Å²) in [6.07, 6.45) is -19.8. The molecule has 4 fully saturated rings. The lowest BCUT2D eigenvalue weighted by Crippen LogP contribution is -2.68. The molecular formula is C23H46N6O13. The van der Waals surface area contributed by atoms with Crippen LogP contribution in [-0.2, 0) is 28.4 Å². The van der Waals surface area contributed by atoms with Gasteiger partial charge in [-0.05, 0) is 6.42 Å². The Hall–Kier alpha value is -0.760. The van der Waals surface area contributed by atoms with E-state index in [0.717, 1.165) is 0 Å². The molecule has 246 valence electrons. The van der Waals surface area contributed by atoms with Crippen molar-refractivity contribution in [2.24, 2.45) is 34.4 Å². The van der Waals surface area contributed by atoms with E-state index in [1.165, 1.54) is 0 Å². The number of nitrogens with two attached hydrogens (primary N) is 6. The molecule has 0 unspecified atom stereocenters. The maximum Gasteiger partial charge on any atom is 0.187 e. The smallest absolute Gasteiger partial charge is 0.187 e. The van der Waals surface area contributed by atoms with E-state index in [1.54, 1.807) is 0 Å². The van der Waals surface area contributed by atoms with Crippen molar-refractivity contribution in [2.75, 3.05) is 19.7 Å². The average molecular weight is 615 g/mol. The maximum absolute atomic E-state index is 11.1. The zero-order valence-electron chi connectivity index (χ0n) is 22.8. The Morgan fingerprint density at radius 2 is 0.976 bits per heavy atom. The van der Waals surface area contributed by atoms with Gasteiger partial charge in [0.15, 0.2) is 18.9 Å². The lowest BCUT2D eigenvalue weighted by atomic mass is 9.84. The summed E-state index contributed by atoms with van der Waals surface area (Å²) in [4.78, 5) is 0. The summed E-state index contributed by atoms with van der Waals surface area (Å²) in [5, 5.41) is 73.0. The third kappa shape index (κ3) is 6.60. The van der Waals surface area contributed by atoms with Gasteiger partial charge in [0.1, 0.15) is 67.1 Å². The molecule has 19 nitrogen and oxygen atoms in total. The highest BCUT2D eigenvalue weighted by Gasteiger charge is 2.54. The Bertz CT molecular complexity index is 868. The molecule has 3 aliphatic heterocycles. The van der Waals surface area contributed by atoms with Crippen molar-refractivity contribution in [3.05, 3.63) is 0 Å². The molecule has 0 bridgehead atoms. The van der Waals surface area contributed by atoms with Gasteiger partial charge in [-0.2, -0.15) is 0 Å². The highest BCUT2D eigenvalue weighted by molar-refractivity contribution is 5.02. The molecule has 3 saturated heterocycles. The number of ether oxygens (including phenoxy) is 6. The average Bonchev–Trinajstić information content (AvgIpc) is 3.27. The molecule has 0 spiro atoms. The number of hydrogen-bond acceptors (Lipinski definition) is 19. The maximum atomic E-state index is 11.1. The van der Waals surface area contributed by atoms with E-state index in [0.29, 0.717) is 0 Å². The van der Waals surface area contributed by atoms with E-state index < -0.39 is 123 Å². The van der Waals surface area contributed by atoms with Gasteiger partial charge >= 0.3 is 0 Å². The van der Waals surface area contributed by atoms with E-state index in [4.69, 9.17) is 62.8 Å². The normalized spacial score (nSPS) is 53.8. The van der Waals surface area contributed by atoms with Gasteiger partial charge in [0, 0.05) is 25.2 Å². The quantitative estimate of drug-likeness (QED) is 0.115. The van der Waals surface area contributed by atoms with Crippen LogP contribution in [0.1, 0.15) is 6.42 Å². The van der Waals surface area contributed by atoms with Gasteiger partial charge in [0.05, 0.1) is 24.8 Å². The minimum atomic E-state index is -1.60. The largest absolute Gasteiger partial charge is 0.394 e. The predicted octanol–water partition coefficient (Wildman–Crippen LogP) is -8.90. The first-order valence-corrected chi connectivity index (χ1v) is 13.9. The van der Waals surface area contributed by atoms with Crippen molar-refractivity contribution in [1.29, 1.82) is 0 Å². The highest BCUT2D eigenvalue weighted by atomic mass is 16.8. The van der Waals surface area contributed by atoms with Crippen LogP contribution in [0.25, 0.3) is 0 Å². The minimum Gasteiger partial charge on any atom is -0.394 e. The fourth-order valence-electron chi connectivity index (χ4n) is 5.74. The molecule has 0 aromatic carbocycles. The van der Waals surface area contributed by atoms with Crippen molar-refractivity contribution in [3.8, 4) is 0 Å². The van der Waals surface area contributed by atoms with Gasteiger partial charge in [-0.15, -0.1) is 0 Å². The molecule has 4 aliphatic rings. The first-order chi connectivity index (χ1) is 19.8. The summed E-state index contributed by atoms with van der Waals surface area (Å²) >= 11 is 0. The van der Waals surface area contributed by atoms with Crippen molar-refractivity contribution in [3.63, 3.8) is 0 Å². The van der Waals surface area contributed by atoms with Gasteiger partial charge in [-0.25, -0.2) is 0 Å². The second kappa shape index (κ2) is 14.1. The number of aliphatic hydroxyl groups excluding tert-OH is 7. The third-order valence-corrected chi connectivity index (χ3v) is 8.37. The molecule has 42 heavy (non-hydrogen) atoms. The summed E-state index contributed by atoms with van der Waals surface area (Å²) in [7, 11) is 0. The van der Waals surface area contributed by atoms with Crippen molar-refractivity contribution in [2.45, 2.75) is 123 Å². The minimum absolute atomic E-state index is 0.0889. The third-order valence-electron chi connectivity index (χ3n) is 8.37. The molecule has 1 aliphatic carbocycles.